The molecule has 0 aliphatic heterocycles. The Morgan fingerprint density at radius 1 is 0.879 bits per heavy atom. The minimum Gasteiger partial charge on any atom is -0.497 e. The van der Waals surface area contributed by atoms with Crippen molar-refractivity contribution < 1.29 is 14.6 Å². The third-order valence-electron chi connectivity index (χ3n) is 7.33. The maximum atomic E-state index is 11.0. The van der Waals surface area contributed by atoms with E-state index in [1.165, 1.54) is 16.7 Å². The number of hydrogen-bond donors (Lipinski definition) is 1. The van der Waals surface area contributed by atoms with Crippen LogP contribution in [0.4, 0.5) is 0 Å². The number of fused-ring (bicyclic) bond motifs is 1. The second-order valence-corrected chi connectivity index (χ2v) is 9.48. The van der Waals surface area contributed by atoms with Gasteiger partial charge in [-0.15, -0.1) is 0 Å². The van der Waals surface area contributed by atoms with Gasteiger partial charge in [0.1, 0.15) is 11.5 Å². The molecule has 33 heavy (non-hydrogen) atoms. The summed E-state index contributed by atoms with van der Waals surface area (Å²) in [6.07, 6.45) is 6.18. The Balaban J connectivity index is 1.50. The number of unbranched alkanes of at least 4 members (excludes halogenated alkanes) is 1. The van der Waals surface area contributed by atoms with Crippen LogP contribution in [0.15, 0.2) is 72.8 Å². The van der Waals surface area contributed by atoms with E-state index in [0.29, 0.717) is 11.8 Å². The van der Waals surface area contributed by atoms with Crippen molar-refractivity contribution in [1.29, 1.82) is 0 Å². The second kappa shape index (κ2) is 10.4. The van der Waals surface area contributed by atoms with Crippen LogP contribution in [-0.4, -0.2) is 19.3 Å². The van der Waals surface area contributed by atoms with Gasteiger partial charge in [0.25, 0.3) is 0 Å². The molecule has 3 heteroatoms. The van der Waals surface area contributed by atoms with Gasteiger partial charge in [0.15, 0.2) is 0 Å². The second-order valence-electron chi connectivity index (χ2n) is 9.48. The Bertz CT molecular complexity index is 1020. The van der Waals surface area contributed by atoms with Crippen LogP contribution in [0.1, 0.15) is 73.1 Å². The van der Waals surface area contributed by atoms with Crippen molar-refractivity contribution in [2.75, 3.05) is 14.2 Å². The van der Waals surface area contributed by atoms with Crippen LogP contribution in [-0.2, 0) is 12.0 Å². The smallest absolute Gasteiger partial charge is 0.119 e. The summed E-state index contributed by atoms with van der Waals surface area (Å²) in [7, 11) is 3.45. The predicted octanol–water partition coefficient (Wildman–Crippen LogP) is 6.99. The molecule has 0 spiro atoms. The third-order valence-corrected chi connectivity index (χ3v) is 7.33. The van der Waals surface area contributed by atoms with Gasteiger partial charge < -0.3 is 14.6 Å². The molecule has 0 bridgehead atoms. The zero-order chi connectivity index (χ0) is 23.3. The molecule has 3 unspecified atom stereocenters. The first-order valence-electron chi connectivity index (χ1n) is 12.1. The van der Waals surface area contributed by atoms with Crippen LogP contribution < -0.4 is 9.47 Å². The first kappa shape index (κ1) is 23.4. The molecule has 3 aromatic rings. The van der Waals surface area contributed by atoms with Crippen molar-refractivity contribution in [3.8, 4) is 11.5 Å². The minimum atomic E-state index is -0.783. The standard InChI is InChI=1S/C30H36O3/c1-30(31,24-9-5-4-6-10-24)20-8-7-11-29-27(22-12-15-25(32-2)16-13-22)18-14-23-21-26(33-3)17-19-28(23)29/h4-6,9-10,12-13,15-17,19,21,27,29,31H,7-8,11,14,18,20H2,1-3H3. The number of ether oxygens (including phenoxy) is 2. The van der Waals surface area contributed by atoms with Crippen LogP contribution in [0.2, 0.25) is 0 Å². The molecule has 0 fully saturated rings. The fourth-order valence-electron chi connectivity index (χ4n) is 5.40. The van der Waals surface area contributed by atoms with Gasteiger partial charge in [0, 0.05) is 0 Å². The van der Waals surface area contributed by atoms with Gasteiger partial charge in [0.05, 0.1) is 19.8 Å². The first-order valence-corrected chi connectivity index (χ1v) is 12.1. The monoisotopic (exact) mass is 444 g/mol. The summed E-state index contributed by atoms with van der Waals surface area (Å²) in [6, 6.07) is 25.2. The lowest BCUT2D eigenvalue weighted by atomic mass is 9.70. The average Bonchev–Trinajstić information content (AvgIpc) is 2.86. The molecule has 0 heterocycles. The fourth-order valence-corrected chi connectivity index (χ4v) is 5.40. The van der Waals surface area contributed by atoms with Crippen LogP contribution in [0, 0.1) is 0 Å². The number of methoxy groups -OCH3 is 2. The molecular weight excluding hydrogens is 408 g/mol. The van der Waals surface area contributed by atoms with Gasteiger partial charge in [-0.05, 0) is 91.0 Å². The molecule has 4 rings (SSSR count). The van der Waals surface area contributed by atoms with E-state index in [-0.39, 0.29) is 0 Å². The Morgan fingerprint density at radius 2 is 1.58 bits per heavy atom. The molecule has 0 aromatic heterocycles. The molecule has 3 aromatic carbocycles. The zero-order valence-corrected chi connectivity index (χ0v) is 20.1. The van der Waals surface area contributed by atoms with E-state index in [1.54, 1.807) is 14.2 Å². The predicted molar refractivity (Wildman–Crippen MR) is 134 cm³/mol. The molecule has 1 N–H and O–H groups in total. The Morgan fingerprint density at radius 3 is 2.27 bits per heavy atom. The molecular formula is C30H36O3. The maximum absolute atomic E-state index is 11.0. The van der Waals surface area contributed by atoms with Gasteiger partial charge in [-0.2, -0.15) is 0 Å². The van der Waals surface area contributed by atoms with Crippen LogP contribution in [0.3, 0.4) is 0 Å². The van der Waals surface area contributed by atoms with Crippen LogP contribution >= 0.6 is 0 Å². The highest BCUT2D eigenvalue weighted by Gasteiger charge is 2.31. The Kier molecular flexibility index (Phi) is 7.39. The van der Waals surface area contributed by atoms with E-state index in [1.807, 2.05) is 37.3 Å². The van der Waals surface area contributed by atoms with E-state index >= 15 is 0 Å². The first-order chi connectivity index (χ1) is 16.0. The molecule has 0 radical (unpaired) electrons. The average molecular weight is 445 g/mol. The number of aliphatic hydroxyl groups is 1. The minimum absolute atomic E-state index is 0.467. The molecule has 174 valence electrons. The van der Waals surface area contributed by atoms with Crippen LogP contribution in [0.25, 0.3) is 0 Å². The van der Waals surface area contributed by atoms with Gasteiger partial charge in [-0.1, -0.05) is 61.4 Å². The van der Waals surface area contributed by atoms with Crippen molar-refractivity contribution in [2.24, 2.45) is 0 Å². The molecule has 1 aliphatic rings. The lowest BCUT2D eigenvalue weighted by molar-refractivity contribution is 0.0446. The van der Waals surface area contributed by atoms with E-state index in [0.717, 1.165) is 55.6 Å². The number of rotatable bonds is 9. The molecule has 0 amide bonds. The molecule has 3 atom stereocenters. The van der Waals surface area contributed by atoms with Gasteiger partial charge >= 0.3 is 0 Å². The Hall–Kier alpha value is -2.78. The maximum Gasteiger partial charge on any atom is 0.119 e. The SMILES string of the molecule is COc1ccc(C2CCc3cc(OC)ccc3C2CCCCC(C)(O)c2ccccc2)cc1. The Labute approximate surface area is 198 Å². The topological polar surface area (TPSA) is 38.7 Å². The van der Waals surface area contributed by atoms with E-state index in [9.17, 15) is 5.11 Å². The van der Waals surface area contributed by atoms with Gasteiger partial charge in [0.2, 0.25) is 0 Å². The lowest BCUT2D eigenvalue weighted by Crippen LogP contribution is -2.22. The normalized spacial score (nSPS) is 19.4. The molecule has 0 saturated carbocycles. The number of hydrogen-bond acceptors (Lipinski definition) is 3. The van der Waals surface area contributed by atoms with Gasteiger partial charge in [-0.25, -0.2) is 0 Å². The van der Waals surface area contributed by atoms with E-state index in [2.05, 4.69) is 42.5 Å². The fraction of sp³-hybridized carbons (Fsp3) is 0.400. The number of aryl methyl sites for hydroxylation is 1. The van der Waals surface area contributed by atoms with Crippen molar-refractivity contribution >= 4 is 0 Å². The molecule has 3 nitrogen and oxygen atoms in total. The third kappa shape index (κ3) is 5.42. The highest BCUT2D eigenvalue weighted by atomic mass is 16.5. The highest BCUT2D eigenvalue weighted by Crippen LogP contribution is 2.46. The van der Waals surface area contributed by atoms with E-state index in [4.69, 9.17) is 9.47 Å². The van der Waals surface area contributed by atoms with E-state index < -0.39 is 5.60 Å². The summed E-state index contributed by atoms with van der Waals surface area (Å²) >= 11 is 0. The quantitative estimate of drug-likeness (QED) is 0.362. The van der Waals surface area contributed by atoms with Crippen molar-refractivity contribution in [3.63, 3.8) is 0 Å². The number of benzene rings is 3. The summed E-state index contributed by atoms with van der Waals surface area (Å²) in [4.78, 5) is 0. The summed E-state index contributed by atoms with van der Waals surface area (Å²) in [6.45, 7) is 1.94. The molecule has 1 aliphatic carbocycles. The molecule has 0 saturated heterocycles. The summed E-state index contributed by atoms with van der Waals surface area (Å²) in [5.74, 6) is 2.80. The highest BCUT2D eigenvalue weighted by molar-refractivity contribution is 5.43. The van der Waals surface area contributed by atoms with Gasteiger partial charge in [-0.3, -0.25) is 0 Å². The summed E-state index contributed by atoms with van der Waals surface area (Å²) in [5, 5.41) is 11.0. The van der Waals surface area contributed by atoms with Crippen molar-refractivity contribution in [3.05, 3.63) is 95.1 Å². The van der Waals surface area contributed by atoms with Crippen LogP contribution in [0.5, 0.6) is 11.5 Å². The summed E-state index contributed by atoms with van der Waals surface area (Å²) < 4.78 is 10.9. The zero-order valence-electron chi connectivity index (χ0n) is 20.1. The summed E-state index contributed by atoms with van der Waals surface area (Å²) in [5.41, 5.74) is 4.47. The largest absolute Gasteiger partial charge is 0.497 e. The van der Waals surface area contributed by atoms with Crippen molar-refractivity contribution in [1.82, 2.24) is 0 Å². The lowest BCUT2D eigenvalue weighted by Gasteiger charge is -2.35. The van der Waals surface area contributed by atoms with Crippen molar-refractivity contribution in [2.45, 2.75) is 62.9 Å².